The smallest absolute Gasteiger partial charge is 0.412 e. The molecule has 3 atom stereocenters. The van der Waals surface area contributed by atoms with E-state index in [1.165, 1.54) is 23.1 Å². The quantitative estimate of drug-likeness (QED) is 0.753. The molecule has 2 amide bonds. The monoisotopic (exact) mass is 390 g/mol. The van der Waals surface area contributed by atoms with Crippen LogP contribution in [-0.2, 0) is 14.3 Å². The fraction of sp³-hybridized carbons (Fsp3) is 0.550. The molecule has 1 unspecified atom stereocenters. The van der Waals surface area contributed by atoms with Crippen LogP contribution in [0.1, 0.15) is 56.6 Å². The number of ether oxygens (including phenoxy) is 1. The molecule has 2 fully saturated rings. The summed E-state index contributed by atoms with van der Waals surface area (Å²) in [5.74, 6) is -1.37. The Kier molecular flexibility index (Phi) is 4.95. The maximum Gasteiger partial charge on any atom is 0.412 e. The summed E-state index contributed by atoms with van der Waals surface area (Å²) in [6.07, 6.45) is 2.41. The number of amides is 2. The third kappa shape index (κ3) is 3.68. The molecule has 28 heavy (non-hydrogen) atoms. The topological polar surface area (TPSA) is 95.9 Å². The Bertz CT molecular complexity index is 810. The van der Waals surface area contributed by atoms with Gasteiger partial charge in [0.2, 0.25) is 5.91 Å². The molecule has 1 heterocycles. The van der Waals surface area contributed by atoms with E-state index in [9.17, 15) is 23.9 Å². The van der Waals surface area contributed by atoms with Gasteiger partial charge in [-0.1, -0.05) is 12.5 Å². The van der Waals surface area contributed by atoms with Crippen LogP contribution in [0.3, 0.4) is 0 Å². The Morgan fingerprint density at radius 3 is 2.68 bits per heavy atom. The van der Waals surface area contributed by atoms with Gasteiger partial charge >= 0.3 is 12.1 Å². The van der Waals surface area contributed by atoms with E-state index in [4.69, 9.17) is 4.74 Å². The van der Waals surface area contributed by atoms with Crippen molar-refractivity contribution in [2.75, 3.05) is 4.90 Å². The highest BCUT2D eigenvalue weighted by Gasteiger charge is 2.47. The lowest BCUT2D eigenvalue weighted by atomic mass is 9.85. The number of esters is 1. The van der Waals surface area contributed by atoms with Gasteiger partial charge < -0.3 is 15.2 Å². The van der Waals surface area contributed by atoms with E-state index in [0.717, 1.165) is 25.7 Å². The molecule has 1 aliphatic heterocycles. The molecule has 2 N–H and O–H groups in total. The molecule has 2 aliphatic carbocycles. The number of nitrogens with zero attached hydrogens (tertiary/aromatic N) is 1. The number of hydrogen-bond acceptors (Lipinski definition) is 4. The van der Waals surface area contributed by atoms with Gasteiger partial charge in [0.15, 0.2) is 0 Å². The van der Waals surface area contributed by atoms with Crippen molar-refractivity contribution in [3.8, 4) is 0 Å². The summed E-state index contributed by atoms with van der Waals surface area (Å²) >= 11 is 0. The maximum absolute atomic E-state index is 13.8. The molecule has 0 aromatic heterocycles. The number of hydrogen-bond donors (Lipinski definition) is 2. The number of carboxylic acid groups (broad SMARTS) is 1. The van der Waals surface area contributed by atoms with Crippen LogP contribution in [0.4, 0.5) is 14.9 Å². The van der Waals surface area contributed by atoms with Crippen molar-refractivity contribution >= 4 is 23.7 Å². The largest absolute Gasteiger partial charge is 0.465 e. The molecule has 150 valence electrons. The van der Waals surface area contributed by atoms with Crippen LogP contribution in [-0.4, -0.2) is 35.2 Å². The number of benzene rings is 1. The van der Waals surface area contributed by atoms with Crippen LogP contribution in [0.5, 0.6) is 0 Å². The molecular formula is C20H23FN2O5. The van der Waals surface area contributed by atoms with Gasteiger partial charge in [-0.2, -0.15) is 0 Å². The summed E-state index contributed by atoms with van der Waals surface area (Å²) in [4.78, 5) is 37.2. The summed E-state index contributed by atoms with van der Waals surface area (Å²) in [5.41, 5.74) is 0.739. The van der Waals surface area contributed by atoms with E-state index in [2.05, 4.69) is 5.32 Å². The Morgan fingerprint density at radius 2 is 1.96 bits per heavy atom. The van der Waals surface area contributed by atoms with E-state index in [1.807, 2.05) is 0 Å². The first kappa shape index (κ1) is 18.7. The molecular weight excluding hydrogens is 367 g/mol. The average Bonchev–Trinajstić information content (AvgIpc) is 3.32. The van der Waals surface area contributed by atoms with Crippen LogP contribution < -0.4 is 10.2 Å². The van der Waals surface area contributed by atoms with Gasteiger partial charge in [0.05, 0.1) is 12.1 Å². The van der Waals surface area contributed by atoms with Crippen LogP contribution in [0, 0.1) is 11.7 Å². The van der Waals surface area contributed by atoms with Crippen molar-refractivity contribution in [3.05, 3.63) is 29.6 Å². The molecule has 0 bridgehead atoms. The van der Waals surface area contributed by atoms with Crippen molar-refractivity contribution in [1.82, 2.24) is 5.32 Å². The van der Waals surface area contributed by atoms with Crippen LogP contribution in [0.15, 0.2) is 18.2 Å². The van der Waals surface area contributed by atoms with Crippen LogP contribution in [0.25, 0.3) is 0 Å². The Morgan fingerprint density at radius 1 is 1.18 bits per heavy atom. The predicted octanol–water partition coefficient (Wildman–Crippen LogP) is 3.14. The lowest BCUT2D eigenvalue weighted by molar-refractivity contribution is -0.153. The minimum atomic E-state index is -1.13. The molecule has 2 saturated carbocycles. The fourth-order valence-electron chi connectivity index (χ4n) is 4.36. The molecule has 0 radical (unpaired) electrons. The summed E-state index contributed by atoms with van der Waals surface area (Å²) in [6, 6.07) is 3.82. The van der Waals surface area contributed by atoms with Crippen molar-refractivity contribution in [2.24, 2.45) is 5.92 Å². The van der Waals surface area contributed by atoms with E-state index in [0.29, 0.717) is 12.0 Å². The van der Waals surface area contributed by atoms with E-state index in [-0.39, 0.29) is 42.4 Å². The number of rotatable bonds is 5. The molecule has 0 saturated heterocycles. The molecule has 8 heteroatoms. The number of fused-ring (bicyclic) bond motifs is 2. The normalized spacial score (nSPS) is 25.6. The molecule has 1 aromatic rings. The molecule has 1 aromatic carbocycles. The maximum atomic E-state index is 13.8. The highest BCUT2D eigenvalue weighted by molar-refractivity contribution is 5.89. The molecule has 0 spiro atoms. The van der Waals surface area contributed by atoms with Crippen molar-refractivity contribution in [1.29, 1.82) is 0 Å². The summed E-state index contributed by atoms with van der Waals surface area (Å²) in [7, 11) is 0. The van der Waals surface area contributed by atoms with Gasteiger partial charge in [-0.3, -0.25) is 14.5 Å². The lowest BCUT2D eigenvalue weighted by Gasteiger charge is -2.41. The first-order chi connectivity index (χ1) is 13.4. The molecule has 3 aliphatic rings. The second-order valence-electron chi connectivity index (χ2n) is 7.77. The van der Waals surface area contributed by atoms with Gasteiger partial charge in [-0.25, -0.2) is 9.18 Å². The number of anilines is 1. The third-order valence-corrected chi connectivity index (χ3v) is 5.77. The number of nitrogens with one attached hydrogen (secondary N) is 1. The Balaban J connectivity index is 1.52. The first-order valence-electron chi connectivity index (χ1n) is 9.74. The standard InChI is InChI=1S/C20H23FN2O5/c21-11-4-7-14-16(10-11)23(20(26)27)15-3-1-2-13(15)19(14)28-18(25)9-8-17(24)22-12-5-6-12/h4,7,10,12-13,15,19H,1-3,5-6,8-9H2,(H,22,24)(H,26,27)/t13-,15+,19?/m0/s1. The zero-order chi connectivity index (χ0) is 19.8. The van der Waals surface area contributed by atoms with Gasteiger partial charge in [0.1, 0.15) is 11.9 Å². The van der Waals surface area contributed by atoms with Crippen LogP contribution >= 0.6 is 0 Å². The van der Waals surface area contributed by atoms with Gasteiger partial charge in [0, 0.05) is 30.0 Å². The zero-order valence-electron chi connectivity index (χ0n) is 15.4. The Hall–Kier alpha value is -2.64. The number of carbonyl (C=O) groups is 3. The minimum Gasteiger partial charge on any atom is -0.465 e. The second kappa shape index (κ2) is 7.41. The van der Waals surface area contributed by atoms with E-state index < -0.39 is 24.0 Å². The summed E-state index contributed by atoms with van der Waals surface area (Å²) < 4.78 is 19.5. The highest BCUT2D eigenvalue weighted by Crippen LogP contribution is 2.49. The first-order valence-corrected chi connectivity index (χ1v) is 9.74. The second-order valence-corrected chi connectivity index (χ2v) is 7.77. The van der Waals surface area contributed by atoms with Crippen molar-refractivity contribution in [2.45, 2.75) is 63.1 Å². The van der Waals surface area contributed by atoms with Crippen molar-refractivity contribution < 1.29 is 28.6 Å². The zero-order valence-corrected chi connectivity index (χ0v) is 15.4. The molecule has 4 rings (SSSR count). The lowest BCUT2D eigenvalue weighted by Crippen LogP contribution is -2.48. The van der Waals surface area contributed by atoms with Gasteiger partial charge in [0.25, 0.3) is 0 Å². The van der Waals surface area contributed by atoms with Gasteiger partial charge in [-0.15, -0.1) is 0 Å². The molecule has 7 nitrogen and oxygen atoms in total. The summed E-state index contributed by atoms with van der Waals surface area (Å²) in [5, 5.41) is 12.5. The van der Waals surface area contributed by atoms with Crippen LogP contribution in [0.2, 0.25) is 0 Å². The minimum absolute atomic E-state index is 0.0361. The fourth-order valence-corrected chi connectivity index (χ4v) is 4.36. The SMILES string of the molecule is O=C(CCC(=O)OC1c2ccc(F)cc2N(C(=O)O)[C@@H]2CCC[C@H]12)NC1CC1. The van der Waals surface area contributed by atoms with Gasteiger partial charge in [-0.05, 0) is 37.8 Å². The third-order valence-electron chi connectivity index (χ3n) is 5.77. The number of carbonyl (C=O) groups excluding carboxylic acids is 2. The van der Waals surface area contributed by atoms with E-state index >= 15 is 0 Å². The van der Waals surface area contributed by atoms with E-state index in [1.54, 1.807) is 0 Å². The summed E-state index contributed by atoms with van der Waals surface area (Å²) in [6.45, 7) is 0. The highest BCUT2D eigenvalue weighted by atomic mass is 19.1. The Labute approximate surface area is 161 Å². The number of halogens is 1. The average molecular weight is 390 g/mol. The predicted molar refractivity (Wildman–Crippen MR) is 97.3 cm³/mol. The van der Waals surface area contributed by atoms with Crippen molar-refractivity contribution in [3.63, 3.8) is 0 Å².